The number of aromatic nitrogens is 2. The van der Waals surface area contributed by atoms with Gasteiger partial charge in [0, 0.05) is 15.6 Å². The summed E-state index contributed by atoms with van der Waals surface area (Å²) in [7, 11) is 0. The Morgan fingerprint density at radius 3 is 2.59 bits per heavy atom. The number of benzene rings is 2. The summed E-state index contributed by atoms with van der Waals surface area (Å²) >= 11 is 3.78. The standard InChI is InChI=1S/C27H22BrN3O/c1-16-26-25(23-7-4-10-32-23)29-15-31(26)22-9-8-18(27-12-17(13-27)14-27)11-20(22)24(30-16)19-5-2-3-6-21(19)28/h2-11,15-17H,12-14H2,1H3/t16-,17?,27?/m0/s1. The maximum absolute atomic E-state index is 5.71. The number of imidazole rings is 1. The molecule has 4 nitrogen and oxygen atoms in total. The van der Waals surface area contributed by atoms with Gasteiger partial charge in [-0.05, 0) is 73.4 Å². The Balaban J connectivity index is 1.49. The molecule has 2 bridgehead atoms. The van der Waals surface area contributed by atoms with Crippen molar-refractivity contribution in [1.82, 2.24) is 9.55 Å². The number of halogens is 1. The predicted molar refractivity (Wildman–Crippen MR) is 128 cm³/mol. The molecule has 2 aromatic carbocycles. The third-order valence-electron chi connectivity index (χ3n) is 7.57. The minimum absolute atomic E-state index is 0.0782. The van der Waals surface area contributed by atoms with E-state index in [4.69, 9.17) is 14.4 Å². The molecule has 1 atom stereocenters. The normalized spacial score (nSPS) is 25.1. The molecule has 8 rings (SSSR count). The predicted octanol–water partition coefficient (Wildman–Crippen LogP) is 6.86. The first-order chi connectivity index (χ1) is 15.6. The molecule has 0 N–H and O–H groups in total. The molecule has 3 fully saturated rings. The van der Waals surface area contributed by atoms with E-state index >= 15 is 0 Å². The average Bonchev–Trinajstić information content (AvgIpc) is 3.38. The number of aliphatic imine (C=N–C) groups is 1. The zero-order valence-electron chi connectivity index (χ0n) is 17.8. The molecular formula is C27H22BrN3O. The van der Waals surface area contributed by atoms with Crippen LogP contribution in [0.5, 0.6) is 0 Å². The van der Waals surface area contributed by atoms with Gasteiger partial charge < -0.3 is 4.42 Å². The molecule has 0 amide bonds. The Labute approximate surface area is 195 Å². The summed E-state index contributed by atoms with van der Waals surface area (Å²) in [5.41, 5.74) is 8.22. The van der Waals surface area contributed by atoms with Gasteiger partial charge in [-0.15, -0.1) is 0 Å². The van der Waals surface area contributed by atoms with Crippen molar-refractivity contribution in [2.24, 2.45) is 10.9 Å². The topological polar surface area (TPSA) is 43.3 Å². The zero-order chi connectivity index (χ0) is 21.4. The van der Waals surface area contributed by atoms with Crippen molar-refractivity contribution in [3.63, 3.8) is 0 Å². The summed E-state index contributed by atoms with van der Waals surface area (Å²) in [6.07, 6.45) is 7.62. The average molecular weight is 484 g/mol. The second kappa shape index (κ2) is 6.55. The summed E-state index contributed by atoms with van der Waals surface area (Å²) in [5.74, 6) is 1.72. The van der Waals surface area contributed by atoms with E-state index in [2.05, 4.69) is 69.9 Å². The van der Waals surface area contributed by atoms with Gasteiger partial charge in [-0.3, -0.25) is 9.56 Å². The summed E-state index contributed by atoms with van der Waals surface area (Å²) < 4.78 is 8.98. The molecule has 0 saturated heterocycles. The highest BCUT2D eigenvalue weighted by molar-refractivity contribution is 9.10. The second-order valence-electron chi connectivity index (χ2n) is 9.45. The molecule has 0 unspecified atom stereocenters. The molecule has 2 aromatic heterocycles. The number of rotatable bonds is 3. The third kappa shape index (κ3) is 2.49. The number of fused-ring (bicyclic) bond motifs is 3. The molecular weight excluding hydrogens is 462 g/mol. The third-order valence-corrected chi connectivity index (χ3v) is 8.26. The number of hydrogen-bond donors (Lipinski definition) is 0. The summed E-state index contributed by atoms with van der Waals surface area (Å²) in [4.78, 5) is 10.0. The smallest absolute Gasteiger partial charge is 0.154 e. The van der Waals surface area contributed by atoms with E-state index in [0.29, 0.717) is 5.41 Å². The van der Waals surface area contributed by atoms with Crippen LogP contribution in [-0.4, -0.2) is 15.3 Å². The van der Waals surface area contributed by atoms with E-state index in [1.54, 1.807) is 6.26 Å². The number of hydrogen-bond acceptors (Lipinski definition) is 3. The van der Waals surface area contributed by atoms with Gasteiger partial charge in [0.05, 0.1) is 29.4 Å². The van der Waals surface area contributed by atoms with Gasteiger partial charge in [-0.25, -0.2) is 4.98 Å². The van der Waals surface area contributed by atoms with Crippen molar-refractivity contribution in [3.8, 4) is 17.1 Å². The van der Waals surface area contributed by atoms with Gasteiger partial charge in [0.25, 0.3) is 0 Å². The molecule has 32 heavy (non-hydrogen) atoms. The quantitative estimate of drug-likeness (QED) is 0.319. The second-order valence-corrected chi connectivity index (χ2v) is 10.3. The first kappa shape index (κ1) is 18.6. The van der Waals surface area contributed by atoms with E-state index in [9.17, 15) is 0 Å². The SMILES string of the molecule is C[C@@H]1N=C(c2ccccc2Br)c2cc(C34CC(C3)C4)ccc2-n2cnc(-c3ccco3)c21. The van der Waals surface area contributed by atoms with Gasteiger partial charge in [-0.1, -0.05) is 40.2 Å². The van der Waals surface area contributed by atoms with Crippen LogP contribution in [0.2, 0.25) is 0 Å². The van der Waals surface area contributed by atoms with Gasteiger partial charge >= 0.3 is 0 Å². The fraction of sp³-hybridized carbons (Fsp3) is 0.259. The first-order valence-electron chi connectivity index (χ1n) is 11.2. The van der Waals surface area contributed by atoms with Crippen LogP contribution in [0.25, 0.3) is 17.1 Å². The van der Waals surface area contributed by atoms with Crippen LogP contribution >= 0.6 is 15.9 Å². The van der Waals surface area contributed by atoms with E-state index in [1.807, 2.05) is 18.5 Å². The monoisotopic (exact) mass is 483 g/mol. The van der Waals surface area contributed by atoms with E-state index in [1.165, 1.54) is 30.4 Å². The van der Waals surface area contributed by atoms with Gasteiger partial charge in [0.1, 0.15) is 12.0 Å². The molecule has 4 aromatic rings. The fourth-order valence-electron chi connectivity index (χ4n) is 5.84. The maximum Gasteiger partial charge on any atom is 0.154 e. The Morgan fingerprint density at radius 2 is 1.88 bits per heavy atom. The van der Waals surface area contributed by atoms with Crippen LogP contribution in [0.1, 0.15) is 54.6 Å². The highest BCUT2D eigenvalue weighted by atomic mass is 79.9. The molecule has 1 aliphatic heterocycles. The Kier molecular flexibility index (Phi) is 3.81. The molecule has 0 radical (unpaired) electrons. The number of furan rings is 1. The molecule has 3 saturated carbocycles. The lowest BCUT2D eigenvalue weighted by Gasteiger charge is -2.62. The Bertz CT molecular complexity index is 1380. The zero-order valence-corrected chi connectivity index (χ0v) is 19.3. The fourth-order valence-corrected chi connectivity index (χ4v) is 6.31. The van der Waals surface area contributed by atoms with Crippen molar-refractivity contribution in [2.45, 2.75) is 37.6 Å². The van der Waals surface area contributed by atoms with Gasteiger partial charge in [-0.2, -0.15) is 0 Å². The van der Waals surface area contributed by atoms with Gasteiger partial charge in [0.2, 0.25) is 0 Å². The minimum atomic E-state index is -0.0782. The highest BCUT2D eigenvalue weighted by Crippen LogP contribution is 2.65. The molecule has 5 heteroatoms. The molecule has 0 spiro atoms. The lowest BCUT2D eigenvalue weighted by molar-refractivity contribution is -0.0274. The highest BCUT2D eigenvalue weighted by Gasteiger charge is 2.57. The van der Waals surface area contributed by atoms with E-state index in [0.717, 1.165) is 44.5 Å². The minimum Gasteiger partial charge on any atom is -0.463 e. The van der Waals surface area contributed by atoms with Crippen LogP contribution in [-0.2, 0) is 5.41 Å². The van der Waals surface area contributed by atoms with Crippen molar-refractivity contribution in [3.05, 3.63) is 94.0 Å². The van der Waals surface area contributed by atoms with Crippen LogP contribution in [0.3, 0.4) is 0 Å². The summed E-state index contributed by atoms with van der Waals surface area (Å²) in [6, 6.07) is 19.2. The first-order valence-corrected chi connectivity index (χ1v) is 12.0. The molecule has 3 heterocycles. The van der Waals surface area contributed by atoms with Crippen LogP contribution in [0.15, 0.2) is 81.1 Å². The van der Waals surface area contributed by atoms with Crippen LogP contribution in [0.4, 0.5) is 0 Å². The van der Waals surface area contributed by atoms with Gasteiger partial charge in [0.15, 0.2) is 5.76 Å². The van der Waals surface area contributed by atoms with E-state index < -0.39 is 0 Å². The Hall–Kier alpha value is -2.92. The number of nitrogens with zero attached hydrogens (tertiary/aromatic N) is 3. The molecule has 4 aliphatic rings. The summed E-state index contributed by atoms with van der Waals surface area (Å²) in [5, 5.41) is 0. The van der Waals surface area contributed by atoms with Crippen LogP contribution in [0, 0.1) is 5.92 Å². The lowest BCUT2D eigenvalue weighted by atomic mass is 9.42. The van der Waals surface area contributed by atoms with Crippen molar-refractivity contribution >= 4 is 21.6 Å². The maximum atomic E-state index is 5.71. The largest absolute Gasteiger partial charge is 0.463 e. The molecule has 3 aliphatic carbocycles. The lowest BCUT2D eigenvalue weighted by Crippen LogP contribution is -2.55. The van der Waals surface area contributed by atoms with Crippen LogP contribution < -0.4 is 0 Å². The van der Waals surface area contributed by atoms with E-state index in [-0.39, 0.29) is 6.04 Å². The van der Waals surface area contributed by atoms with Crippen molar-refractivity contribution in [2.75, 3.05) is 0 Å². The van der Waals surface area contributed by atoms with Crippen molar-refractivity contribution < 1.29 is 4.42 Å². The molecule has 158 valence electrons. The Morgan fingerprint density at radius 1 is 1.03 bits per heavy atom. The summed E-state index contributed by atoms with van der Waals surface area (Å²) in [6.45, 7) is 2.14. The van der Waals surface area contributed by atoms with Crippen molar-refractivity contribution in [1.29, 1.82) is 0 Å².